The van der Waals surface area contributed by atoms with Crippen LogP contribution in [0.2, 0.25) is 0 Å². The Bertz CT molecular complexity index is 288. The van der Waals surface area contributed by atoms with Gasteiger partial charge in [0.1, 0.15) is 0 Å². The van der Waals surface area contributed by atoms with Gasteiger partial charge in [0.2, 0.25) is 5.91 Å². The molecule has 4 nitrogen and oxygen atoms in total. The summed E-state index contributed by atoms with van der Waals surface area (Å²) < 4.78 is 5.56. The summed E-state index contributed by atoms with van der Waals surface area (Å²) in [6.45, 7) is 4.70. The largest absolute Gasteiger partial charge is 0.377 e. The molecule has 4 heteroatoms. The third kappa shape index (κ3) is 3.23. The van der Waals surface area contributed by atoms with Gasteiger partial charge < -0.3 is 15.0 Å². The van der Waals surface area contributed by atoms with E-state index in [1.165, 1.54) is 19.3 Å². The quantitative estimate of drug-likeness (QED) is 0.813. The first-order valence-electron chi connectivity index (χ1n) is 7.22. The SMILES string of the molecule is COC1(C)CCCN(C(=O)C2CCCCCN2)C1. The van der Waals surface area contributed by atoms with Crippen molar-refractivity contribution in [3.8, 4) is 0 Å². The van der Waals surface area contributed by atoms with Gasteiger partial charge in [-0.1, -0.05) is 12.8 Å². The number of nitrogens with one attached hydrogen (secondary N) is 1. The van der Waals surface area contributed by atoms with Gasteiger partial charge in [0.05, 0.1) is 11.6 Å². The number of methoxy groups -OCH3 is 1. The highest BCUT2D eigenvalue weighted by molar-refractivity contribution is 5.82. The molecule has 0 bridgehead atoms. The van der Waals surface area contributed by atoms with E-state index in [1.54, 1.807) is 7.11 Å². The fourth-order valence-corrected chi connectivity index (χ4v) is 3.02. The lowest BCUT2D eigenvalue weighted by Gasteiger charge is -2.40. The molecule has 2 aliphatic rings. The van der Waals surface area contributed by atoms with Crippen LogP contribution < -0.4 is 5.32 Å². The number of piperidine rings is 1. The van der Waals surface area contributed by atoms with Crippen LogP contribution in [0.3, 0.4) is 0 Å². The second-order valence-electron chi connectivity index (χ2n) is 5.87. The molecule has 2 aliphatic heterocycles. The molecule has 0 saturated carbocycles. The lowest BCUT2D eigenvalue weighted by atomic mass is 9.94. The van der Waals surface area contributed by atoms with Crippen molar-refractivity contribution in [2.45, 2.75) is 57.1 Å². The van der Waals surface area contributed by atoms with Crippen LogP contribution in [-0.4, -0.2) is 49.2 Å². The summed E-state index contributed by atoms with van der Waals surface area (Å²) in [6, 6.07) is 0.0340. The highest BCUT2D eigenvalue weighted by Crippen LogP contribution is 2.25. The molecule has 0 spiro atoms. The van der Waals surface area contributed by atoms with E-state index in [4.69, 9.17) is 4.74 Å². The van der Waals surface area contributed by atoms with Crippen molar-refractivity contribution >= 4 is 5.91 Å². The smallest absolute Gasteiger partial charge is 0.239 e. The van der Waals surface area contributed by atoms with Crippen LogP contribution in [0.5, 0.6) is 0 Å². The van der Waals surface area contributed by atoms with Gasteiger partial charge >= 0.3 is 0 Å². The lowest BCUT2D eigenvalue weighted by molar-refractivity contribution is -0.141. The second-order valence-corrected chi connectivity index (χ2v) is 5.87. The van der Waals surface area contributed by atoms with Gasteiger partial charge in [0.25, 0.3) is 0 Å². The Hall–Kier alpha value is -0.610. The maximum Gasteiger partial charge on any atom is 0.239 e. The molecule has 0 aromatic rings. The minimum Gasteiger partial charge on any atom is -0.377 e. The molecule has 1 N–H and O–H groups in total. The molecule has 1 amide bonds. The van der Waals surface area contributed by atoms with E-state index >= 15 is 0 Å². The molecule has 0 aromatic heterocycles. The Balaban J connectivity index is 1.95. The van der Waals surface area contributed by atoms with Crippen LogP contribution in [-0.2, 0) is 9.53 Å². The van der Waals surface area contributed by atoms with Gasteiger partial charge in [-0.15, -0.1) is 0 Å². The molecular weight excluding hydrogens is 228 g/mol. The molecule has 2 fully saturated rings. The zero-order valence-electron chi connectivity index (χ0n) is 11.7. The summed E-state index contributed by atoms with van der Waals surface area (Å²) in [4.78, 5) is 14.5. The van der Waals surface area contributed by atoms with Crippen LogP contribution in [0.25, 0.3) is 0 Å². The maximum absolute atomic E-state index is 12.5. The van der Waals surface area contributed by atoms with Gasteiger partial charge in [-0.3, -0.25) is 4.79 Å². The number of likely N-dealkylation sites (tertiary alicyclic amines) is 1. The van der Waals surface area contributed by atoms with Gasteiger partial charge in [-0.25, -0.2) is 0 Å². The number of rotatable bonds is 2. The number of ether oxygens (including phenoxy) is 1. The summed E-state index contributed by atoms with van der Waals surface area (Å²) in [5, 5.41) is 3.39. The minimum atomic E-state index is -0.154. The van der Waals surface area contributed by atoms with Crippen molar-refractivity contribution in [3.05, 3.63) is 0 Å². The fraction of sp³-hybridized carbons (Fsp3) is 0.929. The Morgan fingerprint density at radius 3 is 2.94 bits per heavy atom. The van der Waals surface area contributed by atoms with Crippen molar-refractivity contribution in [1.82, 2.24) is 10.2 Å². The molecule has 2 unspecified atom stereocenters. The van der Waals surface area contributed by atoms with E-state index in [-0.39, 0.29) is 17.6 Å². The van der Waals surface area contributed by atoms with Crippen molar-refractivity contribution in [2.24, 2.45) is 0 Å². The van der Waals surface area contributed by atoms with Crippen molar-refractivity contribution in [2.75, 3.05) is 26.7 Å². The van der Waals surface area contributed by atoms with E-state index in [2.05, 4.69) is 12.2 Å². The van der Waals surface area contributed by atoms with Crippen LogP contribution in [0.1, 0.15) is 45.4 Å². The molecule has 104 valence electrons. The highest BCUT2D eigenvalue weighted by atomic mass is 16.5. The number of amides is 1. The predicted molar refractivity (Wildman–Crippen MR) is 71.5 cm³/mol. The van der Waals surface area contributed by atoms with Gasteiger partial charge in [-0.05, 0) is 39.2 Å². The molecule has 18 heavy (non-hydrogen) atoms. The molecule has 0 aromatic carbocycles. The first-order chi connectivity index (χ1) is 8.64. The monoisotopic (exact) mass is 254 g/mol. The minimum absolute atomic E-state index is 0.0340. The normalized spacial score (nSPS) is 34.1. The topological polar surface area (TPSA) is 41.6 Å². The molecule has 2 saturated heterocycles. The molecular formula is C14H26N2O2. The highest BCUT2D eigenvalue weighted by Gasteiger charge is 2.35. The van der Waals surface area contributed by atoms with Crippen LogP contribution in [0.15, 0.2) is 0 Å². The predicted octanol–water partition coefficient (Wildman–Crippen LogP) is 1.55. The molecule has 0 aliphatic carbocycles. The van der Waals surface area contributed by atoms with E-state index in [9.17, 15) is 4.79 Å². The van der Waals surface area contributed by atoms with E-state index in [1.807, 2.05) is 4.90 Å². The van der Waals surface area contributed by atoms with Gasteiger partial charge in [0, 0.05) is 20.2 Å². The Kier molecular flexibility index (Phi) is 4.62. The fourth-order valence-electron chi connectivity index (χ4n) is 3.02. The van der Waals surface area contributed by atoms with Crippen molar-refractivity contribution < 1.29 is 9.53 Å². The number of hydrogen-bond acceptors (Lipinski definition) is 3. The summed E-state index contributed by atoms with van der Waals surface area (Å²) in [5.41, 5.74) is -0.154. The van der Waals surface area contributed by atoms with Crippen molar-refractivity contribution in [3.63, 3.8) is 0 Å². The third-order valence-corrected chi connectivity index (χ3v) is 4.32. The van der Waals surface area contributed by atoms with E-state index < -0.39 is 0 Å². The van der Waals surface area contributed by atoms with Gasteiger partial charge in [-0.2, -0.15) is 0 Å². The number of nitrogens with zero attached hydrogens (tertiary/aromatic N) is 1. The molecule has 2 heterocycles. The van der Waals surface area contributed by atoms with Gasteiger partial charge in [0.15, 0.2) is 0 Å². The van der Waals surface area contributed by atoms with Crippen LogP contribution in [0.4, 0.5) is 0 Å². The van der Waals surface area contributed by atoms with E-state index in [0.29, 0.717) is 0 Å². The Morgan fingerprint density at radius 1 is 1.33 bits per heavy atom. The van der Waals surface area contributed by atoms with Crippen LogP contribution in [0, 0.1) is 0 Å². The number of carbonyl (C=O) groups excluding carboxylic acids is 1. The Morgan fingerprint density at radius 2 is 2.17 bits per heavy atom. The third-order valence-electron chi connectivity index (χ3n) is 4.32. The maximum atomic E-state index is 12.5. The van der Waals surface area contributed by atoms with Crippen molar-refractivity contribution in [1.29, 1.82) is 0 Å². The molecule has 2 atom stereocenters. The summed E-state index contributed by atoms with van der Waals surface area (Å²) in [5.74, 6) is 0.278. The lowest BCUT2D eigenvalue weighted by Crippen LogP contribution is -2.54. The number of hydrogen-bond donors (Lipinski definition) is 1. The van der Waals surface area contributed by atoms with Crippen LogP contribution >= 0.6 is 0 Å². The summed E-state index contributed by atoms with van der Waals surface area (Å²) in [6.07, 6.45) is 6.68. The summed E-state index contributed by atoms with van der Waals surface area (Å²) >= 11 is 0. The molecule has 0 radical (unpaired) electrons. The first kappa shape index (κ1) is 13.8. The summed E-state index contributed by atoms with van der Waals surface area (Å²) in [7, 11) is 1.75. The van der Waals surface area contributed by atoms with E-state index in [0.717, 1.165) is 38.9 Å². The second kappa shape index (κ2) is 6.02. The average Bonchev–Trinajstić information content (AvgIpc) is 2.67. The standard InChI is InChI=1S/C14H26N2O2/c1-14(18-2)8-6-10-16(11-14)13(17)12-7-4-3-5-9-15-12/h12,15H,3-11H2,1-2H3. The Labute approximate surface area is 110 Å². The number of carbonyl (C=O) groups is 1. The zero-order chi connectivity index (χ0) is 13.0. The zero-order valence-corrected chi connectivity index (χ0v) is 11.7. The molecule has 2 rings (SSSR count). The first-order valence-corrected chi connectivity index (χ1v) is 7.22. The average molecular weight is 254 g/mol.